The molecule has 0 fully saturated rings. The second-order valence-corrected chi connectivity index (χ2v) is 5.59. The molecule has 0 bridgehead atoms. The van der Waals surface area contributed by atoms with Crippen LogP contribution in [0.4, 0.5) is 5.69 Å². The molecule has 7 heteroatoms. The number of nitro benzene ring substituents is 1. The Kier molecular flexibility index (Phi) is 6.68. The lowest BCUT2D eigenvalue weighted by molar-refractivity contribution is -0.384. The number of non-ortho nitro benzene ring substituents is 1. The summed E-state index contributed by atoms with van der Waals surface area (Å²) in [5, 5.41) is 16.5. The van der Waals surface area contributed by atoms with Crippen molar-refractivity contribution >= 4 is 17.5 Å². The van der Waals surface area contributed by atoms with E-state index in [4.69, 9.17) is 0 Å². The summed E-state index contributed by atoms with van der Waals surface area (Å²) in [5.74, 6) is -0.860. The second-order valence-electron chi connectivity index (χ2n) is 5.59. The maximum atomic E-state index is 12.2. The van der Waals surface area contributed by atoms with Crippen LogP contribution in [0.15, 0.2) is 18.2 Å². The molecule has 0 heterocycles. The number of nitro groups is 1. The monoisotopic (exact) mass is 321 g/mol. The van der Waals surface area contributed by atoms with Crippen molar-refractivity contribution in [3.8, 4) is 0 Å². The third-order valence-electron chi connectivity index (χ3n) is 3.63. The lowest BCUT2D eigenvalue weighted by atomic mass is 10.1. The van der Waals surface area contributed by atoms with Gasteiger partial charge in [0, 0.05) is 35.3 Å². The van der Waals surface area contributed by atoms with Gasteiger partial charge in [-0.25, -0.2) is 0 Å². The summed E-state index contributed by atoms with van der Waals surface area (Å²) < 4.78 is 0. The van der Waals surface area contributed by atoms with Gasteiger partial charge in [-0.2, -0.15) is 0 Å². The lowest BCUT2D eigenvalue weighted by Gasteiger charge is -2.13. The minimum absolute atomic E-state index is 0.0563. The van der Waals surface area contributed by atoms with Gasteiger partial charge in [0.2, 0.25) is 0 Å². The van der Waals surface area contributed by atoms with Gasteiger partial charge in [-0.05, 0) is 32.8 Å². The molecule has 2 amide bonds. The zero-order valence-electron chi connectivity index (χ0n) is 13.9. The van der Waals surface area contributed by atoms with E-state index >= 15 is 0 Å². The van der Waals surface area contributed by atoms with Gasteiger partial charge in [-0.15, -0.1) is 0 Å². The van der Waals surface area contributed by atoms with Crippen molar-refractivity contribution in [3.05, 3.63) is 39.4 Å². The Morgan fingerprint density at radius 1 is 1.00 bits per heavy atom. The van der Waals surface area contributed by atoms with Crippen LogP contribution in [-0.4, -0.2) is 28.8 Å². The number of amides is 2. The van der Waals surface area contributed by atoms with Crippen LogP contribution < -0.4 is 10.6 Å². The van der Waals surface area contributed by atoms with Crippen LogP contribution in [0.2, 0.25) is 0 Å². The van der Waals surface area contributed by atoms with Crippen LogP contribution in [0.5, 0.6) is 0 Å². The van der Waals surface area contributed by atoms with Crippen LogP contribution in [0, 0.1) is 10.1 Å². The van der Waals surface area contributed by atoms with Crippen LogP contribution in [0.25, 0.3) is 0 Å². The van der Waals surface area contributed by atoms with Crippen molar-refractivity contribution in [1.29, 1.82) is 0 Å². The molecule has 0 saturated carbocycles. The number of benzene rings is 1. The molecule has 0 aromatic heterocycles. The predicted molar refractivity (Wildman–Crippen MR) is 87.5 cm³/mol. The first-order valence-electron chi connectivity index (χ1n) is 7.69. The molecule has 1 aromatic carbocycles. The molecule has 2 atom stereocenters. The highest BCUT2D eigenvalue weighted by molar-refractivity contribution is 6.00. The molecule has 2 N–H and O–H groups in total. The zero-order chi connectivity index (χ0) is 17.6. The topological polar surface area (TPSA) is 101 Å². The fourth-order valence-corrected chi connectivity index (χ4v) is 1.80. The van der Waals surface area contributed by atoms with E-state index in [0.29, 0.717) is 0 Å². The van der Waals surface area contributed by atoms with Crippen LogP contribution in [0.1, 0.15) is 61.3 Å². The van der Waals surface area contributed by atoms with Gasteiger partial charge in [0.1, 0.15) is 0 Å². The summed E-state index contributed by atoms with van der Waals surface area (Å²) in [5.41, 5.74) is -0.0706. The minimum Gasteiger partial charge on any atom is -0.350 e. The Morgan fingerprint density at radius 3 is 1.70 bits per heavy atom. The highest BCUT2D eigenvalue weighted by atomic mass is 16.6. The summed E-state index contributed by atoms with van der Waals surface area (Å²) in [7, 11) is 0. The standard InChI is InChI=1S/C16H23N3O4/c1-5-10(3)17-15(20)12-7-13(9-14(8-12)19(22)23)16(21)18-11(4)6-2/h7-11H,5-6H2,1-4H3,(H,17,20)(H,18,21). The number of carbonyl (C=O) groups is 2. The fraction of sp³-hybridized carbons (Fsp3) is 0.500. The van der Waals surface area contributed by atoms with Gasteiger partial charge in [0.05, 0.1) is 4.92 Å². The summed E-state index contributed by atoms with van der Waals surface area (Å²) in [6, 6.07) is 3.62. The Hall–Kier alpha value is -2.44. The van der Waals surface area contributed by atoms with E-state index in [2.05, 4.69) is 10.6 Å². The van der Waals surface area contributed by atoms with E-state index in [9.17, 15) is 19.7 Å². The van der Waals surface area contributed by atoms with E-state index in [1.165, 1.54) is 18.2 Å². The SMILES string of the molecule is CCC(C)NC(=O)c1cc(C(=O)NC(C)CC)cc([N+](=O)[O-])c1. The second kappa shape index (κ2) is 8.26. The maximum absolute atomic E-state index is 12.2. The van der Waals surface area contributed by atoms with Crippen molar-refractivity contribution in [2.45, 2.75) is 52.6 Å². The van der Waals surface area contributed by atoms with Crippen molar-refractivity contribution in [3.63, 3.8) is 0 Å². The highest BCUT2D eigenvalue weighted by Gasteiger charge is 2.19. The van der Waals surface area contributed by atoms with Crippen molar-refractivity contribution in [2.75, 3.05) is 0 Å². The third kappa shape index (κ3) is 5.36. The largest absolute Gasteiger partial charge is 0.350 e. The molecular formula is C16H23N3O4. The summed E-state index contributed by atoms with van der Waals surface area (Å²) in [4.78, 5) is 34.8. The molecule has 0 spiro atoms. The Balaban J connectivity index is 3.14. The number of nitrogens with zero attached hydrogens (tertiary/aromatic N) is 1. The summed E-state index contributed by atoms with van der Waals surface area (Å²) in [6.45, 7) is 7.52. The first kappa shape index (κ1) is 18.6. The minimum atomic E-state index is -0.611. The molecule has 0 radical (unpaired) electrons. The molecule has 126 valence electrons. The van der Waals surface area contributed by atoms with Crippen LogP contribution in [0.3, 0.4) is 0 Å². The van der Waals surface area contributed by atoms with Gasteiger partial charge in [-0.1, -0.05) is 13.8 Å². The van der Waals surface area contributed by atoms with E-state index in [1.807, 2.05) is 27.7 Å². The van der Waals surface area contributed by atoms with E-state index < -0.39 is 16.7 Å². The maximum Gasteiger partial charge on any atom is 0.271 e. The van der Waals surface area contributed by atoms with Crippen molar-refractivity contribution in [2.24, 2.45) is 0 Å². The predicted octanol–water partition coefficient (Wildman–Crippen LogP) is 2.65. The molecule has 1 rings (SSSR count). The van der Waals surface area contributed by atoms with E-state index in [0.717, 1.165) is 12.8 Å². The summed E-state index contributed by atoms with van der Waals surface area (Å²) in [6.07, 6.45) is 1.48. The van der Waals surface area contributed by atoms with Crippen molar-refractivity contribution < 1.29 is 14.5 Å². The third-order valence-corrected chi connectivity index (χ3v) is 3.63. The van der Waals surface area contributed by atoms with Crippen LogP contribution >= 0.6 is 0 Å². The Labute approximate surface area is 135 Å². The van der Waals surface area contributed by atoms with Gasteiger partial charge in [0.15, 0.2) is 0 Å². The van der Waals surface area contributed by atoms with Crippen LogP contribution in [-0.2, 0) is 0 Å². The van der Waals surface area contributed by atoms with Crippen molar-refractivity contribution in [1.82, 2.24) is 10.6 Å². The molecule has 0 aliphatic carbocycles. The molecule has 7 nitrogen and oxygen atoms in total. The molecule has 0 saturated heterocycles. The van der Waals surface area contributed by atoms with E-state index in [-0.39, 0.29) is 28.9 Å². The average Bonchev–Trinajstić information content (AvgIpc) is 2.53. The van der Waals surface area contributed by atoms with Gasteiger partial charge in [0.25, 0.3) is 17.5 Å². The number of hydrogen-bond acceptors (Lipinski definition) is 4. The Bertz CT molecular complexity index is 559. The van der Waals surface area contributed by atoms with E-state index in [1.54, 1.807) is 0 Å². The molecule has 0 aliphatic rings. The quantitative estimate of drug-likeness (QED) is 0.595. The number of hydrogen-bond donors (Lipinski definition) is 2. The highest BCUT2D eigenvalue weighted by Crippen LogP contribution is 2.18. The number of rotatable bonds is 7. The normalized spacial score (nSPS) is 13.0. The smallest absolute Gasteiger partial charge is 0.271 e. The molecule has 1 aromatic rings. The molecule has 0 aliphatic heterocycles. The van der Waals surface area contributed by atoms with Gasteiger partial charge >= 0.3 is 0 Å². The zero-order valence-corrected chi connectivity index (χ0v) is 13.9. The summed E-state index contributed by atoms with van der Waals surface area (Å²) >= 11 is 0. The average molecular weight is 321 g/mol. The first-order valence-corrected chi connectivity index (χ1v) is 7.69. The molecular weight excluding hydrogens is 298 g/mol. The fourth-order valence-electron chi connectivity index (χ4n) is 1.80. The molecule has 23 heavy (non-hydrogen) atoms. The number of carbonyl (C=O) groups excluding carboxylic acids is 2. The Morgan fingerprint density at radius 2 is 1.39 bits per heavy atom. The van der Waals surface area contributed by atoms with Gasteiger partial charge < -0.3 is 10.6 Å². The first-order chi connectivity index (χ1) is 10.8. The molecule has 2 unspecified atom stereocenters. The van der Waals surface area contributed by atoms with Gasteiger partial charge in [-0.3, -0.25) is 19.7 Å². The lowest BCUT2D eigenvalue weighted by Crippen LogP contribution is -2.33. The number of nitrogens with one attached hydrogen (secondary N) is 2.